The van der Waals surface area contributed by atoms with Gasteiger partial charge in [-0.25, -0.2) is 4.79 Å². The first-order valence-electron chi connectivity index (χ1n) is 18.0. The van der Waals surface area contributed by atoms with Crippen molar-refractivity contribution >= 4 is 29.4 Å². The number of benzene rings is 2. The Morgan fingerprint density at radius 3 is 2.40 bits per heavy atom. The van der Waals surface area contributed by atoms with Crippen molar-refractivity contribution in [1.82, 2.24) is 14.7 Å². The minimum Gasteiger partial charge on any atom is -0.496 e. The third kappa shape index (κ3) is 7.41. The topological polar surface area (TPSA) is 76.9 Å². The van der Waals surface area contributed by atoms with Gasteiger partial charge in [0.2, 0.25) is 5.91 Å². The fourth-order valence-electron chi connectivity index (χ4n) is 7.90. The second-order valence-electron chi connectivity index (χ2n) is 14.5. The van der Waals surface area contributed by atoms with Gasteiger partial charge in [0.25, 0.3) is 0 Å². The largest absolute Gasteiger partial charge is 0.496 e. The number of anilines is 1. The van der Waals surface area contributed by atoms with Crippen LogP contribution < -0.4 is 9.64 Å². The number of carbonyl (C=O) groups excluding carboxylic acids is 2. The van der Waals surface area contributed by atoms with E-state index in [-0.39, 0.29) is 24.0 Å². The molecule has 0 N–H and O–H groups in total. The van der Waals surface area contributed by atoms with Crippen LogP contribution in [-0.4, -0.2) is 71.0 Å². The van der Waals surface area contributed by atoms with E-state index in [0.29, 0.717) is 23.1 Å². The Morgan fingerprint density at radius 1 is 0.938 bits per heavy atom. The number of aromatic nitrogens is 2. The molecule has 1 aliphatic heterocycles. The summed E-state index contributed by atoms with van der Waals surface area (Å²) in [5, 5.41) is 5.14. The standard InChI is InChI=1S/C39H50N4O4S/c1-26-19-31(13-18-37(26)46-2)28-9-7-27(8-10-28)22-42(34-6-4-5-30(20-34)32-21-40-43(23-32)33-14-15-33)38(44)29-11-16-35(17-12-29)47-39(45)41-24-36(25-41)48-3/h4-6,13,18-21,23,27-29,33,35-36H,7-12,14-17,22,24-25H2,1-3H3/t27-,28-,29-,35-. The number of ether oxygens (including phenoxy) is 2. The van der Waals surface area contributed by atoms with Gasteiger partial charge in [0.15, 0.2) is 0 Å². The molecule has 2 heterocycles. The molecule has 1 saturated heterocycles. The van der Waals surface area contributed by atoms with E-state index in [0.717, 1.165) is 93.6 Å². The quantitative estimate of drug-likeness (QED) is 0.216. The van der Waals surface area contributed by atoms with Crippen LogP contribution in [-0.2, 0) is 9.53 Å². The van der Waals surface area contributed by atoms with Gasteiger partial charge in [-0.2, -0.15) is 16.9 Å². The maximum Gasteiger partial charge on any atom is 0.410 e. The highest BCUT2D eigenvalue weighted by Crippen LogP contribution is 2.40. The molecule has 3 aromatic rings. The highest BCUT2D eigenvalue weighted by Gasteiger charge is 2.36. The monoisotopic (exact) mass is 670 g/mol. The molecule has 2 amide bonds. The lowest BCUT2D eigenvalue weighted by atomic mass is 9.78. The van der Waals surface area contributed by atoms with Gasteiger partial charge >= 0.3 is 6.09 Å². The molecule has 0 spiro atoms. The SMILES string of the molecule is COc1ccc([C@H]2CC[C@H](CN(c3cccc(-c4cnn(C5CC5)c4)c3)C(=O)[C@H]3CC[C@H](OC(=O)N4CC(SC)C4)CC3)CC2)cc1C. The van der Waals surface area contributed by atoms with Crippen LogP contribution in [0.2, 0.25) is 0 Å². The van der Waals surface area contributed by atoms with Gasteiger partial charge in [0, 0.05) is 48.2 Å². The van der Waals surface area contributed by atoms with E-state index in [1.807, 2.05) is 6.20 Å². The minimum absolute atomic E-state index is 0.0651. The summed E-state index contributed by atoms with van der Waals surface area (Å²) in [7, 11) is 1.73. The van der Waals surface area contributed by atoms with Gasteiger partial charge in [0.1, 0.15) is 11.9 Å². The van der Waals surface area contributed by atoms with Crippen molar-refractivity contribution in [2.45, 2.75) is 94.4 Å². The number of hydrogen-bond acceptors (Lipinski definition) is 6. The normalized spacial score (nSPS) is 24.5. The molecule has 1 aromatic heterocycles. The van der Waals surface area contributed by atoms with Crippen molar-refractivity contribution in [3.63, 3.8) is 0 Å². The van der Waals surface area contributed by atoms with Crippen LogP contribution in [0, 0.1) is 18.8 Å². The van der Waals surface area contributed by atoms with Gasteiger partial charge in [-0.15, -0.1) is 0 Å². The van der Waals surface area contributed by atoms with Crippen LogP contribution in [0.15, 0.2) is 54.9 Å². The van der Waals surface area contributed by atoms with Crippen LogP contribution >= 0.6 is 11.8 Å². The summed E-state index contributed by atoms with van der Waals surface area (Å²) >= 11 is 1.80. The molecule has 7 rings (SSSR count). The minimum atomic E-state index is -0.195. The molecule has 256 valence electrons. The summed E-state index contributed by atoms with van der Waals surface area (Å²) in [4.78, 5) is 31.0. The van der Waals surface area contributed by atoms with Gasteiger partial charge in [-0.1, -0.05) is 24.3 Å². The first kappa shape index (κ1) is 33.1. The average Bonchev–Trinajstić information content (AvgIpc) is 3.82. The zero-order valence-electron chi connectivity index (χ0n) is 28.7. The zero-order valence-corrected chi connectivity index (χ0v) is 29.5. The number of nitrogens with zero attached hydrogens (tertiary/aromatic N) is 4. The molecule has 3 aliphatic carbocycles. The summed E-state index contributed by atoms with van der Waals surface area (Å²) < 4.78 is 13.5. The Bertz CT molecular complexity index is 1580. The number of aryl methyl sites for hydroxylation is 1. The highest BCUT2D eigenvalue weighted by atomic mass is 32.2. The Balaban J connectivity index is 1.03. The number of hydrogen-bond donors (Lipinski definition) is 0. The van der Waals surface area contributed by atoms with E-state index in [2.05, 4.69) is 76.5 Å². The molecule has 4 fully saturated rings. The number of thioether (sulfide) groups is 1. The summed E-state index contributed by atoms with van der Waals surface area (Å²) in [5.41, 5.74) is 5.75. The third-order valence-corrected chi connectivity index (χ3v) is 12.2. The predicted octanol–water partition coefficient (Wildman–Crippen LogP) is 8.25. The van der Waals surface area contributed by atoms with Crippen molar-refractivity contribution in [2.24, 2.45) is 11.8 Å². The van der Waals surface area contributed by atoms with Crippen molar-refractivity contribution in [2.75, 3.05) is 37.9 Å². The number of amides is 2. The first-order chi connectivity index (χ1) is 23.4. The maximum atomic E-state index is 14.4. The number of carbonyl (C=O) groups is 2. The third-order valence-electron chi connectivity index (χ3n) is 11.2. The second-order valence-corrected chi connectivity index (χ2v) is 15.6. The van der Waals surface area contributed by atoms with E-state index in [1.165, 1.54) is 24.0 Å². The second kappa shape index (κ2) is 14.6. The Kier molecular flexibility index (Phi) is 10.0. The highest BCUT2D eigenvalue weighted by molar-refractivity contribution is 7.99. The van der Waals surface area contributed by atoms with E-state index in [9.17, 15) is 9.59 Å². The summed E-state index contributed by atoms with van der Waals surface area (Å²) in [5.74, 6) is 2.08. The van der Waals surface area contributed by atoms with Crippen LogP contribution in [0.3, 0.4) is 0 Å². The van der Waals surface area contributed by atoms with E-state index >= 15 is 0 Å². The molecule has 0 radical (unpaired) electrons. The molecule has 9 heteroatoms. The van der Waals surface area contributed by atoms with Crippen LogP contribution in [0.4, 0.5) is 10.5 Å². The molecule has 48 heavy (non-hydrogen) atoms. The Hall–Kier alpha value is -3.46. The lowest BCUT2D eigenvalue weighted by Gasteiger charge is -2.39. The molecule has 4 aliphatic rings. The fourth-order valence-corrected chi connectivity index (χ4v) is 8.55. The van der Waals surface area contributed by atoms with Gasteiger partial charge in [-0.3, -0.25) is 9.48 Å². The number of likely N-dealkylation sites (tertiary alicyclic amines) is 1. The fraction of sp³-hybridized carbons (Fsp3) is 0.564. The van der Waals surface area contributed by atoms with Crippen molar-refractivity contribution in [3.8, 4) is 16.9 Å². The predicted molar refractivity (Wildman–Crippen MR) is 192 cm³/mol. The smallest absolute Gasteiger partial charge is 0.410 e. The van der Waals surface area contributed by atoms with Crippen LogP contribution in [0.5, 0.6) is 5.75 Å². The van der Waals surface area contributed by atoms with Gasteiger partial charge in [-0.05, 0) is 124 Å². The molecule has 2 aromatic carbocycles. The average molecular weight is 671 g/mol. The Labute approximate surface area is 289 Å². The summed E-state index contributed by atoms with van der Waals surface area (Å²) in [6.07, 6.45) is 15.7. The first-order valence-corrected chi connectivity index (χ1v) is 19.3. The zero-order chi connectivity index (χ0) is 33.2. The van der Waals surface area contributed by atoms with E-state index in [4.69, 9.17) is 9.47 Å². The Morgan fingerprint density at radius 2 is 1.71 bits per heavy atom. The van der Waals surface area contributed by atoms with E-state index < -0.39 is 0 Å². The number of methoxy groups -OCH3 is 1. The molecule has 0 bridgehead atoms. The summed E-state index contributed by atoms with van der Waals surface area (Å²) in [6, 6.07) is 15.6. The lowest BCUT2D eigenvalue weighted by Crippen LogP contribution is -2.53. The molecule has 3 saturated carbocycles. The van der Waals surface area contributed by atoms with Crippen molar-refractivity contribution in [3.05, 3.63) is 66.0 Å². The van der Waals surface area contributed by atoms with Crippen molar-refractivity contribution in [1.29, 1.82) is 0 Å². The number of rotatable bonds is 10. The maximum absolute atomic E-state index is 14.4. The van der Waals surface area contributed by atoms with Crippen LogP contribution in [0.25, 0.3) is 11.1 Å². The molecule has 0 unspecified atom stereocenters. The summed E-state index contributed by atoms with van der Waals surface area (Å²) in [6.45, 7) is 4.39. The molecular weight excluding hydrogens is 621 g/mol. The molecule has 0 atom stereocenters. The van der Waals surface area contributed by atoms with Crippen molar-refractivity contribution < 1.29 is 19.1 Å². The van der Waals surface area contributed by atoms with Crippen LogP contribution in [0.1, 0.15) is 87.3 Å². The molecular formula is C39H50N4O4S. The van der Waals surface area contributed by atoms with Gasteiger partial charge < -0.3 is 19.3 Å². The lowest BCUT2D eigenvalue weighted by molar-refractivity contribution is -0.124. The molecule has 8 nitrogen and oxygen atoms in total. The van der Waals surface area contributed by atoms with E-state index in [1.54, 1.807) is 23.8 Å². The van der Waals surface area contributed by atoms with Gasteiger partial charge in [0.05, 0.1) is 19.3 Å².